The van der Waals surface area contributed by atoms with E-state index in [2.05, 4.69) is 10.6 Å². The van der Waals surface area contributed by atoms with Gasteiger partial charge in [-0.3, -0.25) is 4.79 Å². The number of ether oxygens (including phenoxy) is 1. The Morgan fingerprint density at radius 3 is 2.19 bits per heavy atom. The van der Waals surface area contributed by atoms with Gasteiger partial charge in [0.1, 0.15) is 5.60 Å². The number of aliphatic hydroxyl groups excluding tert-OH is 1. The molecular formula is C20H32N2O4. The lowest BCUT2D eigenvalue weighted by molar-refractivity contribution is -0.132. The molecule has 0 aromatic heterocycles. The van der Waals surface area contributed by atoms with Crippen LogP contribution in [0.25, 0.3) is 0 Å². The van der Waals surface area contributed by atoms with Crippen LogP contribution in [-0.2, 0) is 16.0 Å². The Morgan fingerprint density at radius 1 is 1.12 bits per heavy atom. The Bertz CT molecular complexity index is 594. The number of carbonyl (C=O) groups is 2. The molecule has 0 saturated carbocycles. The first-order valence-corrected chi connectivity index (χ1v) is 8.97. The predicted octanol–water partition coefficient (Wildman–Crippen LogP) is 2.79. The van der Waals surface area contributed by atoms with Crippen molar-refractivity contribution in [2.75, 3.05) is 0 Å². The summed E-state index contributed by atoms with van der Waals surface area (Å²) in [5.41, 5.74) is -0.213. The van der Waals surface area contributed by atoms with Crippen LogP contribution in [0.15, 0.2) is 30.3 Å². The third kappa shape index (κ3) is 7.87. The molecule has 6 heteroatoms. The SMILES string of the molecule is CCC(C)(C)NC(=O)C(O)[C@H](Cc1ccccc1)NC(=O)OC(C)(C)C. The summed E-state index contributed by atoms with van der Waals surface area (Å²) < 4.78 is 5.27. The highest BCUT2D eigenvalue weighted by Crippen LogP contribution is 2.12. The van der Waals surface area contributed by atoms with Crippen molar-refractivity contribution in [3.05, 3.63) is 35.9 Å². The Morgan fingerprint density at radius 2 is 1.69 bits per heavy atom. The van der Waals surface area contributed by atoms with Gasteiger partial charge in [0.25, 0.3) is 5.91 Å². The number of alkyl carbamates (subject to hydrolysis) is 1. The molecule has 3 N–H and O–H groups in total. The van der Waals surface area contributed by atoms with Crippen LogP contribution in [0.2, 0.25) is 0 Å². The van der Waals surface area contributed by atoms with E-state index in [1.54, 1.807) is 20.8 Å². The van der Waals surface area contributed by atoms with Crippen LogP contribution in [0.5, 0.6) is 0 Å². The molecule has 0 bridgehead atoms. The van der Waals surface area contributed by atoms with E-state index >= 15 is 0 Å². The number of amides is 2. The summed E-state index contributed by atoms with van der Waals surface area (Å²) in [4.78, 5) is 24.6. The molecule has 1 rings (SSSR count). The van der Waals surface area contributed by atoms with Gasteiger partial charge in [0.15, 0.2) is 6.10 Å². The summed E-state index contributed by atoms with van der Waals surface area (Å²) in [5.74, 6) is -0.520. The minimum absolute atomic E-state index is 0.307. The molecule has 1 aromatic rings. The molecule has 0 aliphatic heterocycles. The number of hydrogen-bond donors (Lipinski definition) is 3. The van der Waals surface area contributed by atoms with Gasteiger partial charge in [0.05, 0.1) is 6.04 Å². The van der Waals surface area contributed by atoms with E-state index in [9.17, 15) is 14.7 Å². The fourth-order valence-electron chi connectivity index (χ4n) is 2.25. The fourth-order valence-corrected chi connectivity index (χ4v) is 2.25. The van der Waals surface area contributed by atoms with Gasteiger partial charge in [-0.05, 0) is 53.0 Å². The number of aliphatic hydroxyl groups is 1. The molecule has 1 unspecified atom stereocenters. The summed E-state index contributed by atoms with van der Waals surface area (Å²) >= 11 is 0. The molecule has 26 heavy (non-hydrogen) atoms. The van der Waals surface area contributed by atoms with E-state index in [4.69, 9.17) is 4.74 Å². The third-order valence-corrected chi connectivity index (χ3v) is 4.00. The molecule has 0 fully saturated rings. The zero-order valence-corrected chi connectivity index (χ0v) is 16.6. The Labute approximate surface area is 156 Å². The lowest BCUT2D eigenvalue weighted by Gasteiger charge is -2.30. The highest BCUT2D eigenvalue weighted by Gasteiger charge is 2.32. The minimum Gasteiger partial charge on any atom is -0.444 e. The molecule has 6 nitrogen and oxygen atoms in total. The van der Waals surface area contributed by atoms with Gasteiger partial charge in [-0.1, -0.05) is 37.3 Å². The molecular weight excluding hydrogens is 332 g/mol. The summed E-state index contributed by atoms with van der Waals surface area (Å²) in [6.07, 6.45) is -1.04. The highest BCUT2D eigenvalue weighted by atomic mass is 16.6. The van der Waals surface area contributed by atoms with Gasteiger partial charge < -0.3 is 20.5 Å². The normalized spacial score (nSPS) is 14.3. The lowest BCUT2D eigenvalue weighted by Crippen LogP contribution is -2.56. The minimum atomic E-state index is -1.39. The van der Waals surface area contributed by atoms with Crippen molar-refractivity contribution in [3.63, 3.8) is 0 Å². The first-order valence-electron chi connectivity index (χ1n) is 8.97. The van der Waals surface area contributed by atoms with Crippen LogP contribution in [-0.4, -0.2) is 40.4 Å². The van der Waals surface area contributed by atoms with Gasteiger partial charge in [-0.25, -0.2) is 4.79 Å². The Balaban J connectivity index is 2.91. The molecule has 2 atom stereocenters. The number of benzene rings is 1. The summed E-state index contributed by atoms with van der Waals surface area (Å²) in [6.45, 7) is 11.0. The Kier molecular flexibility index (Phi) is 7.63. The second-order valence-corrected chi connectivity index (χ2v) is 8.11. The number of rotatable bonds is 7. The van der Waals surface area contributed by atoms with Crippen molar-refractivity contribution in [3.8, 4) is 0 Å². The molecule has 146 valence electrons. The standard InChI is InChI=1S/C20H32N2O4/c1-7-20(5,6)22-17(24)16(23)15(13-14-11-9-8-10-12-14)21-18(25)26-19(2,3)4/h8-12,15-16,23H,7,13H2,1-6H3,(H,21,25)(H,22,24)/t15-,16?/m0/s1. The van der Waals surface area contributed by atoms with Crippen molar-refractivity contribution < 1.29 is 19.4 Å². The summed E-state index contributed by atoms with van der Waals surface area (Å²) in [5, 5.41) is 16.0. The van der Waals surface area contributed by atoms with E-state index in [0.717, 1.165) is 5.56 Å². The number of hydrogen-bond acceptors (Lipinski definition) is 4. The maximum atomic E-state index is 12.5. The Hall–Kier alpha value is -2.08. The van der Waals surface area contributed by atoms with Crippen LogP contribution < -0.4 is 10.6 Å². The predicted molar refractivity (Wildman–Crippen MR) is 102 cm³/mol. The first kappa shape index (κ1) is 22.0. The molecule has 0 saturated heterocycles. The molecule has 0 radical (unpaired) electrons. The lowest BCUT2D eigenvalue weighted by atomic mass is 9.98. The second kappa shape index (κ2) is 9.03. The van der Waals surface area contributed by atoms with Crippen molar-refractivity contribution in [1.29, 1.82) is 0 Å². The summed E-state index contributed by atoms with van der Waals surface area (Å²) in [7, 11) is 0. The third-order valence-electron chi connectivity index (χ3n) is 4.00. The summed E-state index contributed by atoms with van der Waals surface area (Å²) in [6, 6.07) is 8.57. The van der Waals surface area contributed by atoms with Crippen LogP contribution in [0.3, 0.4) is 0 Å². The zero-order valence-electron chi connectivity index (χ0n) is 16.6. The molecule has 0 heterocycles. The van der Waals surface area contributed by atoms with E-state index in [0.29, 0.717) is 12.8 Å². The van der Waals surface area contributed by atoms with E-state index in [1.807, 2.05) is 51.1 Å². The molecule has 2 amide bonds. The van der Waals surface area contributed by atoms with Crippen LogP contribution >= 0.6 is 0 Å². The van der Waals surface area contributed by atoms with Gasteiger partial charge in [0.2, 0.25) is 0 Å². The average Bonchev–Trinajstić information content (AvgIpc) is 2.52. The smallest absolute Gasteiger partial charge is 0.407 e. The molecule has 1 aromatic carbocycles. The number of carbonyl (C=O) groups excluding carboxylic acids is 2. The first-order chi connectivity index (χ1) is 11.9. The highest BCUT2D eigenvalue weighted by molar-refractivity contribution is 5.83. The fraction of sp³-hybridized carbons (Fsp3) is 0.600. The van der Waals surface area contributed by atoms with Crippen molar-refractivity contribution >= 4 is 12.0 Å². The molecule has 0 aliphatic rings. The van der Waals surface area contributed by atoms with Crippen molar-refractivity contribution in [1.82, 2.24) is 10.6 Å². The average molecular weight is 364 g/mol. The van der Waals surface area contributed by atoms with Crippen LogP contribution in [0.4, 0.5) is 4.79 Å². The monoisotopic (exact) mass is 364 g/mol. The van der Waals surface area contributed by atoms with E-state index < -0.39 is 35.3 Å². The maximum absolute atomic E-state index is 12.5. The van der Waals surface area contributed by atoms with Gasteiger partial charge >= 0.3 is 6.09 Å². The van der Waals surface area contributed by atoms with Crippen molar-refractivity contribution in [2.24, 2.45) is 0 Å². The van der Waals surface area contributed by atoms with E-state index in [-0.39, 0.29) is 0 Å². The maximum Gasteiger partial charge on any atom is 0.407 e. The van der Waals surface area contributed by atoms with E-state index in [1.165, 1.54) is 0 Å². The van der Waals surface area contributed by atoms with Gasteiger partial charge in [-0.15, -0.1) is 0 Å². The van der Waals surface area contributed by atoms with Crippen LogP contribution in [0.1, 0.15) is 53.5 Å². The van der Waals surface area contributed by atoms with Crippen molar-refractivity contribution in [2.45, 2.75) is 77.7 Å². The van der Waals surface area contributed by atoms with Crippen LogP contribution in [0, 0.1) is 0 Å². The van der Waals surface area contributed by atoms with Gasteiger partial charge in [-0.2, -0.15) is 0 Å². The topological polar surface area (TPSA) is 87.7 Å². The van der Waals surface area contributed by atoms with Gasteiger partial charge in [0, 0.05) is 5.54 Å². The quantitative estimate of drug-likeness (QED) is 0.694. The molecule has 0 spiro atoms. The number of nitrogens with one attached hydrogen (secondary N) is 2. The zero-order chi connectivity index (χ0) is 20.0. The largest absolute Gasteiger partial charge is 0.444 e. The molecule has 0 aliphatic carbocycles. The second-order valence-electron chi connectivity index (χ2n) is 8.11.